The van der Waals surface area contributed by atoms with Crippen LogP contribution in [0.4, 0.5) is 5.69 Å². The number of nitro groups is 1. The third kappa shape index (κ3) is 4.63. The summed E-state index contributed by atoms with van der Waals surface area (Å²) in [5.41, 5.74) is 0.342. The SMILES string of the molecule is CS(=O)(=O)CCSc1ccc(CO)cc1[N+](=O)[O-]. The van der Waals surface area contributed by atoms with Crippen LogP contribution in [0.25, 0.3) is 0 Å². The Balaban J connectivity index is 2.85. The zero-order chi connectivity index (χ0) is 13.8. The van der Waals surface area contributed by atoms with Gasteiger partial charge in [0.1, 0.15) is 9.84 Å². The van der Waals surface area contributed by atoms with Gasteiger partial charge in [0, 0.05) is 18.1 Å². The monoisotopic (exact) mass is 291 g/mol. The van der Waals surface area contributed by atoms with Crippen molar-refractivity contribution in [2.45, 2.75) is 11.5 Å². The maximum atomic E-state index is 11.0. The summed E-state index contributed by atoms with van der Waals surface area (Å²) in [6.45, 7) is -0.269. The minimum Gasteiger partial charge on any atom is -0.392 e. The van der Waals surface area contributed by atoms with Gasteiger partial charge in [0.05, 0.1) is 22.2 Å². The van der Waals surface area contributed by atoms with E-state index in [-0.39, 0.29) is 23.8 Å². The first kappa shape index (κ1) is 14.9. The first-order valence-electron chi connectivity index (χ1n) is 5.02. The van der Waals surface area contributed by atoms with Crippen LogP contribution in [0.3, 0.4) is 0 Å². The lowest BCUT2D eigenvalue weighted by atomic mass is 10.2. The molecule has 0 aromatic heterocycles. The van der Waals surface area contributed by atoms with E-state index in [0.717, 1.165) is 18.0 Å². The van der Waals surface area contributed by atoms with Crippen LogP contribution < -0.4 is 0 Å². The molecule has 100 valence electrons. The molecule has 0 atom stereocenters. The Bertz CT molecular complexity index is 541. The van der Waals surface area contributed by atoms with Crippen LogP contribution >= 0.6 is 11.8 Å². The number of thioether (sulfide) groups is 1. The molecule has 18 heavy (non-hydrogen) atoms. The molecule has 0 radical (unpaired) electrons. The van der Waals surface area contributed by atoms with Crippen molar-refractivity contribution in [2.75, 3.05) is 17.8 Å². The largest absolute Gasteiger partial charge is 0.392 e. The number of hydrogen-bond donors (Lipinski definition) is 1. The van der Waals surface area contributed by atoms with Crippen LogP contribution in [0.5, 0.6) is 0 Å². The molecule has 0 unspecified atom stereocenters. The van der Waals surface area contributed by atoms with Crippen molar-refractivity contribution >= 4 is 27.3 Å². The van der Waals surface area contributed by atoms with Gasteiger partial charge in [0.25, 0.3) is 5.69 Å². The predicted octanol–water partition coefficient (Wildman–Crippen LogP) is 1.22. The number of aliphatic hydroxyl groups is 1. The van der Waals surface area contributed by atoms with E-state index in [1.165, 1.54) is 12.1 Å². The van der Waals surface area contributed by atoms with E-state index in [9.17, 15) is 18.5 Å². The van der Waals surface area contributed by atoms with Crippen LogP contribution in [-0.4, -0.2) is 36.2 Å². The molecule has 0 spiro atoms. The molecule has 0 saturated heterocycles. The molecule has 6 nitrogen and oxygen atoms in total. The number of rotatable bonds is 6. The van der Waals surface area contributed by atoms with Crippen LogP contribution in [0.1, 0.15) is 5.56 Å². The number of aliphatic hydroxyl groups excluding tert-OH is 1. The number of hydrogen-bond acceptors (Lipinski definition) is 6. The van der Waals surface area contributed by atoms with Crippen molar-refractivity contribution < 1.29 is 18.4 Å². The molecule has 0 amide bonds. The summed E-state index contributed by atoms with van der Waals surface area (Å²) in [6.07, 6.45) is 1.12. The third-order valence-corrected chi connectivity index (χ3v) is 4.38. The van der Waals surface area contributed by atoms with E-state index in [1.807, 2.05) is 0 Å². The lowest BCUT2D eigenvalue weighted by Gasteiger charge is -2.04. The molecule has 1 aromatic carbocycles. The molecule has 0 heterocycles. The van der Waals surface area contributed by atoms with Crippen molar-refractivity contribution in [3.8, 4) is 0 Å². The minimum atomic E-state index is -3.07. The first-order chi connectivity index (χ1) is 8.33. The standard InChI is InChI=1S/C10H13NO5S2/c1-18(15,16)5-4-17-10-3-2-8(7-12)6-9(10)11(13)14/h2-3,6,12H,4-5,7H2,1H3. The Morgan fingerprint density at radius 2 is 2.11 bits per heavy atom. The Labute approximate surface area is 109 Å². The van der Waals surface area contributed by atoms with Gasteiger partial charge in [-0.1, -0.05) is 6.07 Å². The average molecular weight is 291 g/mol. The second-order valence-electron chi connectivity index (χ2n) is 3.70. The van der Waals surface area contributed by atoms with E-state index in [2.05, 4.69) is 0 Å². The highest BCUT2D eigenvalue weighted by Gasteiger charge is 2.15. The second-order valence-corrected chi connectivity index (χ2v) is 7.09. The van der Waals surface area contributed by atoms with Gasteiger partial charge in [-0.3, -0.25) is 10.1 Å². The Morgan fingerprint density at radius 3 is 2.61 bits per heavy atom. The van der Waals surface area contributed by atoms with Gasteiger partial charge < -0.3 is 5.11 Å². The Kier molecular flexibility index (Phi) is 5.12. The Morgan fingerprint density at radius 1 is 1.44 bits per heavy atom. The van der Waals surface area contributed by atoms with Gasteiger partial charge in [0.15, 0.2) is 0 Å². The molecule has 0 aliphatic heterocycles. The fourth-order valence-corrected chi connectivity index (χ4v) is 3.44. The fraction of sp³-hybridized carbons (Fsp3) is 0.400. The summed E-state index contributed by atoms with van der Waals surface area (Å²) in [5, 5.41) is 19.8. The van der Waals surface area contributed by atoms with E-state index in [1.54, 1.807) is 6.07 Å². The van der Waals surface area contributed by atoms with Crippen molar-refractivity contribution in [3.05, 3.63) is 33.9 Å². The molecule has 1 N–H and O–H groups in total. The molecule has 1 aromatic rings. The Hall–Kier alpha value is -1.12. The van der Waals surface area contributed by atoms with E-state index < -0.39 is 14.8 Å². The van der Waals surface area contributed by atoms with Gasteiger partial charge >= 0.3 is 0 Å². The maximum absolute atomic E-state index is 11.0. The number of nitro benzene ring substituents is 1. The maximum Gasteiger partial charge on any atom is 0.283 e. The van der Waals surface area contributed by atoms with Gasteiger partial charge in [-0.25, -0.2) is 8.42 Å². The quantitative estimate of drug-likeness (QED) is 0.481. The first-order valence-corrected chi connectivity index (χ1v) is 8.07. The normalized spacial score (nSPS) is 11.4. The summed E-state index contributed by atoms with van der Waals surface area (Å²) in [5.74, 6) is 0.231. The van der Waals surface area contributed by atoms with Crippen molar-refractivity contribution in [2.24, 2.45) is 0 Å². The van der Waals surface area contributed by atoms with E-state index >= 15 is 0 Å². The van der Waals surface area contributed by atoms with Gasteiger partial charge in [0.2, 0.25) is 0 Å². The second kappa shape index (κ2) is 6.17. The highest BCUT2D eigenvalue weighted by atomic mass is 32.2. The lowest BCUT2D eigenvalue weighted by molar-refractivity contribution is -0.387. The molecule has 0 bridgehead atoms. The highest BCUT2D eigenvalue weighted by molar-refractivity contribution is 8.00. The molecular formula is C10H13NO5S2. The molecule has 0 saturated carbocycles. The van der Waals surface area contributed by atoms with Crippen LogP contribution in [0.2, 0.25) is 0 Å². The number of benzene rings is 1. The number of nitrogens with zero attached hydrogens (tertiary/aromatic N) is 1. The molecule has 1 rings (SSSR count). The van der Waals surface area contributed by atoms with Gasteiger partial charge in [-0.2, -0.15) is 0 Å². The average Bonchev–Trinajstić information content (AvgIpc) is 2.27. The van der Waals surface area contributed by atoms with Gasteiger partial charge in [-0.05, 0) is 11.6 Å². The predicted molar refractivity (Wildman–Crippen MR) is 69.5 cm³/mol. The lowest BCUT2D eigenvalue weighted by Crippen LogP contribution is -2.05. The third-order valence-electron chi connectivity index (χ3n) is 2.11. The molecule has 0 aliphatic carbocycles. The summed E-state index contributed by atoms with van der Waals surface area (Å²) in [4.78, 5) is 10.7. The summed E-state index contributed by atoms with van der Waals surface area (Å²) < 4.78 is 21.9. The molecule has 0 fully saturated rings. The van der Waals surface area contributed by atoms with Gasteiger partial charge in [-0.15, -0.1) is 11.8 Å². The van der Waals surface area contributed by atoms with Crippen molar-refractivity contribution in [1.29, 1.82) is 0 Å². The smallest absolute Gasteiger partial charge is 0.283 e. The molecule has 0 aliphatic rings. The highest BCUT2D eigenvalue weighted by Crippen LogP contribution is 2.30. The van der Waals surface area contributed by atoms with Crippen LogP contribution in [0, 0.1) is 10.1 Å². The summed E-state index contributed by atoms with van der Waals surface area (Å²) in [7, 11) is -3.07. The van der Waals surface area contributed by atoms with E-state index in [0.29, 0.717) is 10.5 Å². The fourth-order valence-electron chi connectivity index (χ4n) is 1.23. The summed E-state index contributed by atoms with van der Waals surface area (Å²) >= 11 is 1.12. The molecular weight excluding hydrogens is 278 g/mol. The van der Waals surface area contributed by atoms with Crippen molar-refractivity contribution in [1.82, 2.24) is 0 Å². The zero-order valence-corrected chi connectivity index (χ0v) is 11.3. The summed E-state index contributed by atoms with van der Waals surface area (Å²) in [6, 6.07) is 4.40. The number of sulfone groups is 1. The van der Waals surface area contributed by atoms with Crippen LogP contribution in [-0.2, 0) is 16.4 Å². The van der Waals surface area contributed by atoms with Crippen molar-refractivity contribution in [3.63, 3.8) is 0 Å². The van der Waals surface area contributed by atoms with E-state index in [4.69, 9.17) is 5.11 Å². The topological polar surface area (TPSA) is 97.5 Å². The minimum absolute atomic E-state index is 0.0312. The molecule has 8 heteroatoms. The van der Waals surface area contributed by atoms with Crippen LogP contribution in [0.15, 0.2) is 23.1 Å². The zero-order valence-electron chi connectivity index (χ0n) is 9.70.